The van der Waals surface area contributed by atoms with Crippen molar-refractivity contribution in [1.29, 1.82) is 0 Å². The maximum Gasteiger partial charge on any atom is 0.0641 e. The van der Waals surface area contributed by atoms with Gasteiger partial charge in [0.05, 0.1) is 11.6 Å². The number of methoxy groups -OCH3 is 1. The third kappa shape index (κ3) is 3.06. The molecule has 80 valence electrons. The minimum Gasteiger partial charge on any atom is -0.379 e. The van der Waals surface area contributed by atoms with Crippen LogP contribution in [-0.2, 0) is 4.74 Å². The van der Waals surface area contributed by atoms with Crippen molar-refractivity contribution in [2.45, 2.75) is 31.9 Å². The number of hydrogen-bond acceptors (Lipinski definition) is 4. The zero-order valence-corrected chi connectivity index (χ0v) is 9.73. The first-order valence-corrected chi connectivity index (χ1v) is 5.52. The van der Waals surface area contributed by atoms with Gasteiger partial charge in [-0.15, -0.1) is 11.3 Å². The number of hydrogen-bond donors (Lipinski definition) is 2. The number of hydrazine groups is 1. The van der Waals surface area contributed by atoms with Crippen LogP contribution in [0.15, 0.2) is 17.5 Å². The Labute approximate surface area is 89.2 Å². The Morgan fingerprint density at radius 2 is 2.36 bits per heavy atom. The topological polar surface area (TPSA) is 47.3 Å². The van der Waals surface area contributed by atoms with E-state index < -0.39 is 0 Å². The minimum absolute atomic E-state index is 0.152. The third-order valence-corrected chi connectivity index (χ3v) is 3.32. The summed E-state index contributed by atoms with van der Waals surface area (Å²) in [5.74, 6) is 5.53. The molecule has 1 aromatic heterocycles. The first kappa shape index (κ1) is 11.7. The average molecular weight is 214 g/mol. The van der Waals surface area contributed by atoms with Crippen LogP contribution in [0.2, 0.25) is 0 Å². The predicted octanol–water partition coefficient (Wildman–Crippen LogP) is 2.07. The van der Waals surface area contributed by atoms with Crippen LogP contribution in [0.4, 0.5) is 0 Å². The van der Waals surface area contributed by atoms with E-state index in [1.165, 1.54) is 4.88 Å². The van der Waals surface area contributed by atoms with Crippen LogP contribution in [0, 0.1) is 0 Å². The molecule has 0 amide bonds. The Hall–Kier alpha value is -0.420. The van der Waals surface area contributed by atoms with Crippen LogP contribution in [0.25, 0.3) is 0 Å². The SMILES string of the molecule is COC(C)(C)CC(NN)c1cccs1. The smallest absolute Gasteiger partial charge is 0.0641 e. The molecule has 0 aromatic carbocycles. The van der Waals surface area contributed by atoms with Crippen molar-refractivity contribution >= 4 is 11.3 Å². The summed E-state index contributed by atoms with van der Waals surface area (Å²) >= 11 is 1.71. The van der Waals surface area contributed by atoms with E-state index in [9.17, 15) is 0 Å². The van der Waals surface area contributed by atoms with Gasteiger partial charge in [0.15, 0.2) is 0 Å². The molecule has 1 aromatic rings. The summed E-state index contributed by atoms with van der Waals surface area (Å²) in [4.78, 5) is 1.25. The van der Waals surface area contributed by atoms with E-state index in [0.29, 0.717) is 0 Å². The average Bonchev–Trinajstić information content (AvgIpc) is 2.67. The second kappa shape index (κ2) is 4.89. The minimum atomic E-state index is -0.152. The molecule has 0 saturated heterocycles. The largest absolute Gasteiger partial charge is 0.379 e. The Morgan fingerprint density at radius 1 is 1.64 bits per heavy atom. The molecule has 3 nitrogen and oxygen atoms in total. The van der Waals surface area contributed by atoms with Gasteiger partial charge < -0.3 is 4.74 Å². The first-order chi connectivity index (χ1) is 6.59. The van der Waals surface area contributed by atoms with Gasteiger partial charge in [0.1, 0.15) is 0 Å². The van der Waals surface area contributed by atoms with Gasteiger partial charge in [-0.25, -0.2) is 0 Å². The van der Waals surface area contributed by atoms with Crippen LogP contribution in [0.5, 0.6) is 0 Å². The van der Waals surface area contributed by atoms with Gasteiger partial charge in [0.25, 0.3) is 0 Å². The molecule has 0 spiro atoms. The zero-order valence-electron chi connectivity index (χ0n) is 8.91. The molecule has 3 N–H and O–H groups in total. The van der Waals surface area contributed by atoms with Gasteiger partial charge in [0.2, 0.25) is 0 Å². The van der Waals surface area contributed by atoms with E-state index in [1.807, 2.05) is 6.07 Å². The van der Waals surface area contributed by atoms with Crippen molar-refractivity contribution in [1.82, 2.24) is 5.43 Å². The maximum absolute atomic E-state index is 5.53. The molecule has 0 radical (unpaired) electrons. The first-order valence-electron chi connectivity index (χ1n) is 4.64. The molecule has 0 aliphatic heterocycles. The molecule has 0 bridgehead atoms. The van der Waals surface area contributed by atoms with Crippen LogP contribution in [-0.4, -0.2) is 12.7 Å². The fourth-order valence-corrected chi connectivity index (χ4v) is 2.09. The van der Waals surface area contributed by atoms with E-state index in [4.69, 9.17) is 10.6 Å². The molecule has 1 atom stereocenters. The van der Waals surface area contributed by atoms with Gasteiger partial charge in [-0.2, -0.15) is 0 Å². The molecule has 1 rings (SSSR count). The molecule has 1 unspecified atom stereocenters. The molecule has 14 heavy (non-hydrogen) atoms. The summed E-state index contributed by atoms with van der Waals surface area (Å²) in [5, 5.41) is 2.06. The number of ether oxygens (including phenoxy) is 1. The highest BCUT2D eigenvalue weighted by molar-refractivity contribution is 7.10. The van der Waals surface area contributed by atoms with Gasteiger partial charge in [-0.1, -0.05) is 6.07 Å². The van der Waals surface area contributed by atoms with Crippen molar-refractivity contribution in [2.24, 2.45) is 5.84 Å². The highest BCUT2D eigenvalue weighted by atomic mass is 32.1. The van der Waals surface area contributed by atoms with Crippen molar-refractivity contribution < 1.29 is 4.74 Å². The summed E-state index contributed by atoms with van der Waals surface area (Å²) < 4.78 is 5.38. The molecule has 4 heteroatoms. The Bertz CT molecular complexity index is 259. The van der Waals surface area contributed by atoms with Crippen LogP contribution >= 0.6 is 11.3 Å². The molecule has 0 aliphatic carbocycles. The quantitative estimate of drug-likeness (QED) is 0.582. The van der Waals surface area contributed by atoms with Gasteiger partial charge in [-0.05, 0) is 31.7 Å². The van der Waals surface area contributed by atoms with E-state index in [2.05, 4.69) is 30.7 Å². The highest BCUT2D eigenvalue weighted by Gasteiger charge is 2.23. The summed E-state index contributed by atoms with van der Waals surface area (Å²) in [6.45, 7) is 4.12. The van der Waals surface area contributed by atoms with E-state index >= 15 is 0 Å². The van der Waals surface area contributed by atoms with Crippen molar-refractivity contribution in [3.8, 4) is 0 Å². The summed E-state index contributed by atoms with van der Waals surface area (Å²) in [5.41, 5.74) is 2.67. The molecule has 0 aliphatic rings. The summed E-state index contributed by atoms with van der Waals surface area (Å²) in [7, 11) is 1.72. The second-order valence-electron chi connectivity index (χ2n) is 3.90. The van der Waals surface area contributed by atoms with Gasteiger partial charge >= 0.3 is 0 Å². The fourth-order valence-electron chi connectivity index (χ4n) is 1.31. The number of nitrogens with two attached hydrogens (primary N) is 1. The number of rotatable bonds is 5. The van der Waals surface area contributed by atoms with E-state index in [1.54, 1.807) is 18.4 Å². The molecule has 0 fully saturated rings. The molecule has 0 saturated carbocycles. The van der Waals surface area contributed by atoms with Crippen LogP contribution < -0.4 is 11.3 Å². The van der Waals surface area contributed by atoms with Gasteiger partial charge in [-0.3, -0.25) is 11.3 Å². The maximum atomic E-state index is 5.53. The fraction of sp³-hybridized carbons (Fsp3) is 0.600. The highest BCUT2D eigenvalue weighted by Crippen LogP contribution is 2.27. The molecule has 1 heterocycles. The van der Waals surface area contributed by atoms with E-state index in [-0.39, 0.29) is 11.6 Å². The Balaban J connectivity index is 2.65. The lowest BCUT2D eigenvalue weighted by Gasteiger charge is -2.27. The second-order valence-corrected chi connectivity index (χ2v) is 4.88. The van der Waals surface area contributed by atoms with Crippen LogP contribution in [0.3, 0.4) is 0 Å². The van der Waals surface area contributed by atoms with E-state index in [0.717, 1.165) is 6.42 Å². The lowest BCUT2D eigenvalue weighted by atomic mass is 9.98. The predicted molar refractivity (Wildman–Crippen MR) is 60.1 cm³/mol. The lowest BCUT2D eigenvalue weighted by molar-refractivity contribution is 0.00711. The monoisotopic (exact) mass is 214 g/mol. The van der Waals surface area contributed by atoms with Crippen molar-refractivity contribution in [3.05, 3.63) is 22.4 Å². The number of nitrogens with one attached hydrogen (secondary N) is 1. The standard InChI is InChI=1S/C10H18N2OS/c1-10(2,13-3)7-8(12-11)9-5-4-6-14-9/h4-6,8,12H,7,11H2,1-3H3. The Kier molecular flexibility index (Phi) is 4.07. The number of thiophene rings is 1. The van der Waals surface area contributed by atoms with Crippen molar-refractivity contribution in [3.63, 3.8) is 0 Å². The molecular weight excluding hydrogens is 196 g/mol. The lowest BCUT2D eigenvalue weighted by Crippen LogP contribution is -2.35. The van der Waals surface area contributed by atoms with Crippen LogP contribution in [0.1, 0.15) is 31.2 Å². The zero-order chi connectivity index (χ0) is 10.6. The normalized spacial score (nSPS) is 14.3. The van der Waals surface area contributed by atoms with Crippen molar-refractivity contribution in [2.75, 3.05) is 7.11 Å². The van der Waals surface area contributed by atoms with Gasteiger partial charge in [0, 0.05) is 12.0 Å². The summed E-state index contributed by atoms with van der Waals surface area (Å²) in [6.07, 6.45) is 0.862. The Morgan fingerprint density at radius 3 is 2.79 bits per heavy atom. The summed E-state index contributed by atoms with van der Waals surface area (Å²) in [6, 6.07) is 4.29. The third-order valence-electron chi connectivity index (χ3n) is 2.34. The molecular formula is C10H18N2OS.